The fourth-order valence-corrected chi connectivity index (χ4v) is 0.896. The monoisotopic (exact) mass is 243 g/mol. The van der Waals surface area contributed by atoms with Crippen LogP contribution in [0.15, 0.2) is 12.3 Å². The molecule has 0 spiro atoms. The summed E-state index contributed by atoms with van der Waals surface area (Å²) in [6, 6.07) is 1.20. The van der Waals surface area contributed by atoms with Crippen LogP contribution in [-0.2, 0) is 0 Å². The van der Waals surface area contributed by atoms with Crippen molar-refractivity contribution in [2.45, 2.75) is 12.3 Å². The van der Waals surface area contributed by atoms with Crippen molar-refractivity contribution in [1.82, 2.24) is 10.2 Å². The summed E-state index contributed by atoms with van der Waals surface area (Å²) in [7, 11) is 0. The molecule has 84 valence electrons. The second kappa shape index (κ2) is 4.61. The fraction of sp³-hybridized carbons (Fsp3) is 0.429. The van der Waals surface area contributed by atoms with Gasteiger partial charge in [0.15, 0.2) is 5.15 Å². The van der Waals surface area contributed by atoms with Gasteiger partial charge in [-0.25, -0.2) is 8.78 Å². The van der Waals surface area contributed by atoms with Crippen LogP contribution in [-0.4, -0.2) is 29.1 Å². The molecule has 0 saturated carbocycles. The van der Waals surface area contributed by atoms with Crippen molar-refractivity contribution in [3.05, 3.63) is 17.4 Å². The predicted octanol–water partition coefficient (Wildman–Crippen LogP) is 2.44. The third-order valence-electron chi connectivity index (χ3n) is 1.47. The largest absolute Gasteiger partial charge is 0.377 e. The second-order valence-electron chi connectivity index (χ2n) is 2.68. The number of aromatic nitrogens is 2. The highest BCUT2D eigenvalue weighted by molar-refractivity contribution is 6.29. The molecule has 0 aliphatic rings. The molecule has 8 heteroatoms. The average Bonchev–Trinajstić information content (AvgIpc) is 2.15. The maximum absolute atomic E-state index is 12.5. The Morgan fingerprint density at radius 3 is 2.67 bits per heavy atom. The highest BCUT2D eigenvalue weighted by Crippen LogP contribution is 2.23. The summed E-state index contributed by atoms with van der Waals surface area (Å²) >= 11 is 5.41. The van der Waals surface area contributed by atoms with Crippen LogP contribution in [0.2, 0.25) is 5.15 Å². The molecular weight excluding hydrogens is 238 g/mol. The first-order chi connectivity index (χ1) is 6.92. The van der Waals surface area contributed by atoms with Crippen LogP contribution in [0.3, 0.4) is 0 Å². The van der Waals surface area contributed by atoms with Crippen LogP contribution < -0.4 is 5.32 Å². The molecule has 1 aromatic heterocycles. The summed E-state index contributed by atoms with van der Waals surface area (Å²) < 4.78 is 48.4. The summed E-state index contributed by atoms with van der Waals surface area (Å²) in [5.41, 5.74) is 0.107. The molecule has 0 amide bonds. The van der Waals surface area contributed by atoms with Gasteiger partial charge < -0.3 is 5.32 Å². The Balaban J connectivity index is 2.57. The van der Waals surface area contributed by atoms with Crippen LogP contribution in [0.25, 0.3) is 0 Å². The lowest BCUT2D eigenvalue weighted by Gasteiger charge is -2.16. The number of alkyl halides is 4. The molecule has 0 unspecified atom stereocenters. The van der Waals surface area contributed by atoms with E-state index in [1.54, 1.807) is 0 Å². The number of hydrogen-bond donors (Lipinski definition) is 1. The molecule has 0 saturated heterocycles. The van der Waals surface area contributed by atoms with Gasteiger partial charge >= 0.3 is 12.3 Å². The minimum Gasteiger partial charge on any atom is -0.377 e. The first-order valence-corrected chi connectivity index (χ1v) is 4.17. The van der Waals surface area contributed by atoms with Gasteiger partial charge in [-0.1, -0.05) is 11.6 Å². The van der Waals surface area contributed by atoms with Crippen molar-refractivity contribution in [1.29, 1.82) is 0 Å². The SMILES string of the molecule is FC(F)C(F)(F)CNc1cnnc(Cl)c1. The van der Waals surface area contributed by atoms with Gasteiger partial charge in [0.1, 0.15) is 0 Å². The normalized spacial score (nSPS) is 11.9. The summed E-state index contributed by atoms with van der Waals surface area (Å²) in [4.78, 5) is 0. The van der Waals surface area contributed by atoms with Gasteiger partial charge in [0.05, 0.1) is 18.4 Å². The van der Waals surface area contributed by atoms with Crippen LogP contribution in [0, 0.1) is 0 Å². The topological polar surface area (TPSA) is 37.8 Å². The molecule has 0 atom stereocenters. The number of nitrogens with one attached hydrogen (secondary N) is 1. The Bertz CT molecular complexity index is 334. The third-order valence-corrected chi connectivity index (χ3v) is 1.66. The number of halogens is 5. The van der Waals surface area contributed by atoms with Crippen molar-refractivity contribution in [3.8, 4) is 0 Å². The minimum atomic E-state index is -4.09. The van der Waals surface area contributed by atoms with Crippen molar-refractivity contribution < 1.29 is 17.6 Å². The standard InChI is InChI=1S/C7H6ClF4N3/c8-5-1-4(2-14-15-5)13-3-7(11,12)6(9)10/h1-2,6H,3H2,(H,13,15). The lowest BCUT2D eigenvalue weighted by atomic mass is 10.3. The van der Waals surface area contributed by atoms with Gasteiger partial charge in [-0.2, -0.15) is 13.9 Å². The number of anilines is 1. The van der Waals surface area contributed by atoms with Gasteiger partial charge in [0, 0.05) is 6.07 Å². The summed E-state index contributed by atoms with van der Waals surface area (Å²) in [6.07, 6.45) is -2.61. The summed E-state index contributed by atoms with van der Waals surface area (Å²) in [5, 5.41) is 8.79. The van der Waals surface area contributed by atoms with E-state index in [9.17, 15) is 17.6 Å². The molecule has 1 rings (SSSR count). The number of nitrogens with zero attached hydrogens (tertiary/aromatic N) is 2. The quantitative estimate of drug-likeness (QED) is 0.826. The maximum Gasteiger partial charge on any atom is 0.324 e. The molecule has 0 bridgehead atoms. The molecule has 3 nitrogen and oxygen atoms in total. The Morgan fingerprint density at radius 1 is 1.47 bits per heavy atom. The van der Waals surface area contributed by atoms with E-state index in [0.29, 0.717) is 0 Å². The predicted molar refractivity (Wildman–Crippen MR) is 46.5 cm³/mol. The first-order valence-electron chi connectivity index (χ1n) is 3.80. The summed E-state index contributed by atoms with van der Waals surface area (Å²) in [5.74, 6) is -4.09. The van der Waals surface area contributed by atoms with E-state index in [1.807, 2.05) is 0 Å². The van der Waals surface area contributed by atoms with E-state index >= 15 is 0 Å². The zero-order valence-corrected chi connectivity index (χ0v) is 7.98. The van der Waals surface area contributed by atoms with Crippen LogP contribution in [0.5, 0.6) is 0 Å². The van der Waals surface area contributed by atoms with Crippen LogP contribution in [0.1, 0.15) is 0 Å². The zero-order valence-electron chi connectivity index (χ0n) is 7.22. The molecule has 0 radical (unpaired) electrons. The Labute approximate surface area is 87.4 Å². The number of hydrogen-bond acceptors (Lipinski definition) is 3. The second-order valence-corrected chi connectivity index (χ2v) is 3.07. The van der Waals surface area contributed by atoms with Crippen molar-refractivity contribution in [2.24, 2.45) is 0 Å². The van der Waals surface area contributed by atoms with Crippen LogP contribution in [0.4, 0.5) is 23.2 Å². The first kappa shape index (κ1) is 12.0. The van der Waals surface area contributed by atoms with Crippen LogP contribution >= 0.6 is 11.6 Å². The number of rotatable bonds is 4. The van der Waals surface area contributed by atoms with Gasteiger partial charge in [-0.15, -0.1) is 5.10 Å². The molecule has 0 aliphatic carbocycles. The zero-order chi connectivity index (χ0) is 11.5. The fourth-order valence-electron chi connectivity index (χ4n) is 0.734. The maximum atomic E-state index is 12.5. The highest BCUT2D eigenvalue weighted by Gasteiger charge is 2.40. The molecule has 0 fully saturated rings. The van der Waals surface area contributed by atoms with Crippen molar-refractivity contribution in [3.63, 3.8) is 0 Å². The van der Waals surface area contributed by atoms with Gasteiger partial charge in [0.25, 0.3) is 0 Å². The van der Waals surface area contributed by atoms with Crippen molar-refractivity contribution in [2.75, 3.05) is 11.9 Å². The van der Waals surface area contributed by atoms with Gasteiger partial charge in [-0.3, -0.25) is 0 Å². The van der Waals surface area contributed by atoms with Crippen molar-refractivity contribution >= 4 is 17.3 Å². The van der Waals surface area contributed by atoms with E-state index in [1.165, 1.54) is 6.07 Å². The van der Waals surface area contributed by atoms with E-state index < -0.39 is 18.9 Å². The van der Waals surface area contributed by atoms with E-state index in [2.05, 4.69) is 15.5 Å². The molecule has 1 aromatic rings. The Hall–Kier alpha value is -1.11. The molecule has 0 aromatic carbocycles. The minimum absolute atomic E-state index is 0.0136. The molecular formula is C7H6ClF4N3. The molecule has 15 heavy (non-hydrogen) atoms. The lowest BCUT2D eigenvalue weighted by Crippen LogP contribution is -2.34. The average molecular weight is 244 g/mol. The van der Waals surface area contributed by atoms with Gasteiger partial charge in [-0.05, 0) is 0 Å². The molecule has 1 heterocycles. The molecule has 0 aliphatic heterocycles. The van der Waals surface area contributed by atoms with E-state index in [4.69, 9.17) is 11.6 Å². The smallest absolute Gasteiger partial charge is 0.324 e. The lowest BCUT2D eigenvalue weighted by molar-refractivity contribution is -0.117. The molecule has 1 N–H and O–H groups in total. The highest BCUT2D eigenvalue weighted by atomic mass is 35.5. The summed E-state index contributed by atoms with van der Waals surface area (Å²) in [6.45, 7) is -1.19. The Morgan fingerprint density at radius 2 is 2.13 bits per heavy atom. The van der Waals surface area contributed by atoms with E-state index in [-0.39, 0.29) is 10.8 Å². The van der Waals surface area contributed by atoms with E-state index in [0.717, 1.165) is 6.20 Å². The Kier molecular flexibility index (Phi) is 3.67. The van der Waals surface area contributed by atoms with Gasteiger partial charge in [0.2, 0.25) is 0 Å². The third kappa shape index (κ3) is 3.50.